The van der Waals surface area contributed by atoms with Crippen LogP contribution in [0.1, 0.15) is 30.6 Å². The number of aromatic carboxylic acids is 1. The topological polar surface area (TPSA) is 71.5 Å². The largest absolute Gasteiger partial charge is 0.478 e. The average Bonchev–Trinajstić information content (AvgIpc) is 2.34. The highest BCUT2D eigenvalue weighted by Crippen LogP contribution is 2.43. The number of nitrogens with zero attached hydrogens (tertiary/aromatic N) is 1. The van der Waals surface area contributed by atoms with Crippen LogP contribution in [0.25, 0.3) is 0 Å². The lowest BCUT2D eigenvalue weighted by Crippen LogP contribution is -2.57. The van der Waals surface area contributed by atoms with Crippen LogP contribution in [0, 0.1) is 5.41 Å². The molecule has 1 aromatic heterocycles. The molecule has 0 amide bonds. The van der Waals surface area contributed by atoms with Crippen LogP contribution in [-0.2, 0) is 4.74 Å². The predicted octanol–water partition coefficient (Wildman–Crippen LogP) is 2.01. The van der Waals surface area contributed by atoms with Crippen molar-refractivity contribution < 1.29 is 14.6 Å². The molecular formula is C13H18N2O3. The molecule has 0 bridgehead atoms. The molecule has 5 nitrogen and oxygen atoms in total. The molecule has 1 fully saturated rings. The summed E-state index contributed by atoms with van der Waals surface area (Å²) in [6, 6.07) is 3.54. The average molecular weight is 250 g/mol. The lowest BCUT2D eigenvalue weighted by molar-refractivity contribution is -0.0795. The second kappa shape index (κ2) is 4.57. The zero-order valence-corrected chi connectivity index (χ0v) is 10.8. The minimum Gasteiger partial charge on any atom is -0.478 e. The van der Waals surface area contributed by atoms with Gasteiger partial charge < -0.3 is 15.2 Å². The highest BCUT2D eigenvalue weighted by Gasteiger charge is 2.48. The maximum atomic E-state index is 10.7. The summed E-state index contributed by atoms with van der Waals surface area (Å²) in [5, 5.41) is 12.1. The Bertz CT molecular complexity index is 442. The van der Waals surface area contributed by atoms with Gasteiger partial charge in [0, 0.05) is 24.8 Å². The van der Waals surface area contributed by atoms with E-state index in [0.717, 1.165) is 6.42 Å². The number of hydrogen-bond acceptors (Lipinski definition) is 4. The van der Waals surface area contributed by atoms with Gasteiger partial charge in [-0.1, -0.05) is 13.8 Å². The molecule has 0 aromatic carbocycles. The molecule has 2 unspecified atom stereocenters. The summed E-state index contributed by atoms with van der Waals surface area (Å²) in [5.74, 6) is -0.259. The van der Waals surface area contributed by atoms with Gasteiger partial charge in [-0.3, -0.25) is 0 Å². The number of carboxylic acids is 1. The van der Waals surface area contributed by atoms with Crippen molar-refractivity contribution in [3.05, 3.63) is 23.9 Å². The van der Waals surface area contributed by atoms with Crippen molar-refractivity contribution in [2.75, 3.05) is 12.4 Å². The number of carboxylic acid groups (broad SMARTS) is 1. The molecule has 0 aliphatic heterocycles. The van der Waals surface area contributed by atoms with Gasteiger partial charge in [-0.05, 0) is 18.6 Å². The Kier molecular flexibility index (Phi) is 3.26. The highest BCUT2D eigenvalue weighted by molar-refractivity contribution is 5.87. The number of methoxy groups -OCH3 is 1. The van der Waals surface area contributed by atoms with Gasteiger partial charge in [0.15, 0.2) is 0 Å². The van der Waals surface area contributed by atoms with E-state index in [4.69, 9.17) is 9.84 Å². The molecule has 1 heterocycles. The van der Waals surface area contributed by atoms with E-state index in [9.17, 15) is 4.79 Å². The predicted molar refractivity (Wildman–Crippen MR) is 67.8 cm³/mol. The lowest BCUT2D eigenvalue weighted by Gasteiger charge is -2.51. The molecule has 2 rings (SSSR count). The van der Waals surface area contributed by atoms with Crippen molar-refractivity contribution in [1.82, 2.24) is 4.98 Å². The summed E-state index contributed by atoms with van der Waals surface area (Å²) in [6.07, 6.45) is 2.56. The summed E-state index contributed by atoms with van der Waals surface area (Å²) in [7, 11) is 1.72. The van der Waals surface area contributed by atoms with E-state index in [-0.39, 0.29) is 17.1 Å². The first kappa shape index (κ1) is 12.8. The van der Waals surface area contributed by atoms with Crippen molar-refractivity contribution in [2.24, 2.45) is 5.41 Å². The maximum absolute atomic E-state index is 10.7. The fourth-order valence-electron chi connectivity index (χ4n) is 2.31. The van der Waals surface area contributed by atoms with Gasteiger partial charge in [0.05, 0.1) is 11.7 Å². The summed E-state index contributed by atoms with van der Waals surface area (Å²) in [4.78, 5) is 14.8. The van der Waals surface area contributed by atoms with Crippen molar-refractivity contribution in [2.45, 2.75) is 32.4 Å². The minimum atomic E-state index is -0.961. The molecule has 0 radical (unpaired) electrons. The first-order valence-corrected chi connectivity index (χ1v) is 5.94. The van der Waals surface area contributed by atoms with Gasteiger partial charge in [0.1, 0.15) is 5.82 Å². The number of rotatable bonds is 4. The number of ether oxygens (including phenoxy) is 1. The van der Waals surface area contributed by atoms with Crippen LogP contribution in [0.3, 0.4) is 0 Å². The van der Waals surface area contributed by atoms with Crippen LogP contribution >= 0.6 is 0 Å². The minimum absolute atomic E-state index is 0.0574. The monoisotopic (exact) mass is 250 g/mol. The first-order valence-electron chi connectivity index (χ1n) is 5.94. The number of pyridine rings is 1. The Hall–Kier alpha value is -1.62. The zero-order chi connectivity index (χ0) is 13.3. The van der Waals surface area contributed by atoms with Crippen LogP contribution in [-0.4, -0.2) is 35.3 Å². The second-order valence-electron chi connectivity index (χ2n) is 5.22. The van der Waals surface area contributed by atoms with Gasteiger partial charge in [0.25, 0.3) is 0 Å². The molecule has 1 aromatic rings. The molecule has 2 atom stereocenters. The molecule has 0 spiro atoms. The number of hydrogen-bond donors (Lipinski definition) is 2. The van der Waals surface area contributed by atoms with Gasteiger partial charge in [-0.2, -0.15) is 0 Å². The van der Waals surface area contributed by atoms with Gasteiger partial charge in [-0.25, -0.2) is 9.78 Å². The Morgan fingerprint density at radius 1 is 1.56 bits per heavy atom. The SMILES string of the molecule is COC1CC(Nc2ccc(C(=O)O)cn2)C1(C)C. The van der Waals surface area contributed by atoms with Crippen LogP contribution in [0.5, 0.6) is 0 Å². The van der Waals surface area contributed by atoms with Crippen molar-refractivity contribution in [1.29, 1.82) is 0 Å². The van der Waals surface area contributed by atoms with Crippen LogP contribution in [0.2, 0.25) is 0 Å². The molecule has 18 heavy (non-hydrogen) atoms. The Morgan fingerprint density at radius 3 is 2.72 bits per heavy atom. The van der Waals surface area contributed by atoms with Crippen molar-refractivity contribution in [3.63, 3.8) is 0 Å². The standard InChI is InChI=1S/C13H18N2O3/c1-13(2)9(6-10(13)18-3)15-11-5-4-8(7-14-11)12(16)17/h4-5,7,9-10H,6H2,1-3H3,(H,14,15)(H,16,17). The fraction of sp³-hybridized carbons (Fsp3) is 0.538. The Morgan fingerprint density at radius 2 is 2.28 bits per heavy atom. The van der Waals surface area contributed by atoms with E-state index in [0.29, 0.717) is 11.9 Å². The molecular weight excluding hydrogens is 232 g/mol. The van der Waals surface area contributed by atoms with Gasteiger partial charge in [-0.15, -0.1) is 0 Å². The fourth-order valence-corrected chi connectivity index (χ4v) is 2.31. The third-order valence-corrected chi connectivity index (χ3v) is 3.79. The molecule has 1 aliphatic carbocycles. The van der Waals surface area contributed by atoms with Crippen molar-refractivity contribution >= 4 is 11.8 Å². The molecule has 98 valence electrons. The van der Waals surface area contributed by atoms with E-state index in [2.05, 4.69) is 24.1 Å². The molecule has 1 saturated carbocycles. The highest BCUT2D eigenvalue weighted by atomic mass is 16.5. The molecule has 2 N–H and O–H groups in total. The number of nitrogens with one attached hydrogen (secondary N) is 1. The lowest BCUT2D eigenvalue weighted by atomic mass is 9.64. The van der Waals surface area contributed by atoms with Crippen LogP contribution in [0.4, 0.5) is 5.82 Å². The quantitative estimate of drug-likeness (QED) is 0.855. The maximum Gasteiger partial charge on any atom is 0.337 e. The third kappa shape index (κ3) is 2.18. The summed E-state index contributed by atoms with van der Waals surface area (Å²) in [5.41, 5.74) is 0.255. The summed E-state index contributed by atoms with van der Waals surface area (Å²) < 4.78 is 5.38. The molecule has 5 heteroatoms. The normalized spacial score (nSPS) is 25.3. The van der Waals surface area contributed by atoms with E-state index < -0.39 is 5.97 Å². The number of carbonyl (C=O) groups is 1. The second-order valence-corrected chi connectivity index (χ2v) is 5.22. The zero-order valence-electron chi connectivity index (χ0n) is 10.8. The van der Waals surface area contributed by atoms with Gasteiger partial charge >= 0.3 is 5.97 Å². The summed E-state index contributed by atoms with van der Waals surface area (Å²) in [6.45, 7) is 4.29. The van der Waals surface area contributed by atoms with E-state index in [1.165, 1.54) is 6.20 Å². The first-order chi connectivity index (χ1) is 8.45. The van der Waals surface area contributed by atoms with Crippen molar-refractivity contribution in [3.8, 4) is 0 Å². The van der Waals surface area contributed by atoms with Crippen LogP contribution < -0.4 is 5.32 Å². The number of anilines is 1. The number of aromatic nitrogens is 1. The summed E-state index contributed by atoms with van der Waals surface area (Å²) >= 11 is 0. The Balaban J connectivity index is 2.01. The molecule has 1 aliphatic rings. The van der Waals surface area contributed by atoms with Gasteiger partial charge in [0.2, 0.25) is 0 Å². The van der Waals surface area contributed by atoms with E-state index in [1.54, 1.807) is 19.2 Å². The smallest absolute Gasteiger partial charge is 0.337 e. The van der Waals surface area contributed by atoms with E-state index >= 15 is 0 Å². The third-order valence-electron chi connectivity index (χ3n) is 3.79. The Labute approximate surface area is 106 Å². The van der Waals surface area contributed by atoms with E-state index in [1.807, 2.05) is 0 Å². The van der Waals surface area contributed by atoms with Crippen LogP contribution in [0.15, 0.2) is 18.3 Å². The molecule has 0 saturated heterocycles.